The van der Waals surface area contributed by atoms with Crippen LogP contribution >= 0.6 is 0 Å². The third-order valence-corrected chi connectivity index (χ3v) is 4.46. The SMILES string of the molecule is COc1ccccc1CNc1c(-c2ccc3c(c2)OCC(=O)N3)c(=O)c1=O. The van der Waals surface area contributed by atoms with Gasteiger partial charge in [0.2, 0.25) is 10.9 Å². The average molecular weight is 364 g/mol. The summed E-state index contributed by atoms with van der Waals surface area (Å²) in [6.45, 7) is 0.265. The first-order valence-corrected chi connectivity index (χ1v) is 8.34. The van der Waals surface area contributed by atoms with Crippen molar-refractivity contribution < 1.29 is 14.3 Å². The maximum absolute atomic E-state index is 12.1. The van der Waals surface area contributed by atoms with Crippen molar-refractivity contribution in [1.82, 2.24) is 0 Å². The van der Waals surface area contributed by atoms with Gasteiger partial charge in [-0.1, -0.05) is 24.3 Å². The van der Waals surface area contributed by atoms with Crippen LogP contribution in [-0.2, 0) is 11.3 Å². The number of para-hydroxylation sites is 1. The molecule has 0 radical (unpaired) electrons. The number of fused-ring (bicyclic) bond motifs is 1. The van der Waals surface area contributed by atoms with Crippen LogP contribution in [0.25, 0.3) is 11.1 Å². The summed E-state index contributed by atoms with van der Waals surface area (Å²) in [7, 11) is 1.58. The first-order chi connectivity index (χ1) is 13.1. The van der Waals surface area contributed by atoms with E-state index in [2.05, 4.69) is 10.6 Å². The number of hydrogen-bond acceptors (Lipinski definition) is 6. The fourth-order valence-corrected chi connectivity index (χ4v) is 3.10. The highest BCUT2D eigenvalue weighted by molar-refractivity contribution is 5.96. The van der Waals surface area contributed by atoms with Crippen molar-refractivity contribution in [2.75, 3.05) is 24.4 Å². The third kappa shape index (κ3) is 2.93. The molecule has 2 N–H and O–H groups in total. The summed E-state index contributed by atoms with van der Waals surface area (Å²) in [5, 5.41) is 5.74. The highest BCUT2D eigenvalue weighted by atomic mass is 16.5. The first-order valence-electron chi connectivity index (χ1n) is 8.34. The first kappa shape index (κ1) is 16.8. The minimum Gasteiger partial charge on any atom is -0.496 e. The lowest BCUT2D eigenvalue weighted by Gasteiger charge is -2.20. The number of ether oxygens (including phenoxy) is 2. The molecule has 1 aliphatic heterocycles. The highest BCUT2D eigenvalue weighted by Crippen LogP contribution is 2.34. The molecule has 1 heterocycles. The monoisotopic (exact) mass is 364 g/mol. The minimum atomic E-state index is -0.549. The fraction of sp³-hybridized carbons (Fsp3) is 0.150. The summed E-state index contributed by atoms with van der Waals surface area (Å²) in [5.74, 6) is 0.933. The number of anilines is 2. The largest absolute Gasteiger partial charge is 0.496 e. The van der Waals surface area contributed by atoms with E-state index in [-0.39, 0.29) is 18.2 Å². The molecular weight excluding hydrogens is 348 g/mol. The third-order valence-electron chi connectivity index (χ3n) is 4.46. The van der Waals surface area contributed by atoms with Crippen LogP contribution in [0.15, 0.2) is 52.1 Å². The van der Waals surface area contributed by atoms with E-state index in [1.54, 1.807) is 25.3 Å². The van der Waals surface area contributed by atoms with Crippen LogP contribution < -0.4 is 31.0 Å². The van der Waals surface area contributed by atoms with Crippen molar-refractivity contribution in [2.24, 2.45) is 0 Å². The number of carbonyl (C=O) groups excluding carboxylic acids is 1. The van der Waals surface area contributed by atoms with Crippen LogP contribution in [0, 0.1) is 0 Å². The molecular formula is C20H16N2O5. The van der Waals surface area contributed by atoms with Gasteiger partial charge in [-0.2, -0.15) is 0 Å². The van der Waals surface area contributed by atoms with Crippen molar-refractivity contribution in [1.29, 1.82) is 0 Å². The van der Waals surface area contributed by atoms with Gasteiger partial charge in [0.15, 0.2) is 6.61 Å². The molecule has 0 fully saturated rings. The van der Waals surface area contributed by atoms with Gasteiger partial charge < -0.3 is 20.1 Å². The van der Waals surface area contributed by atoms with Gasteiger partial charge in [-0.3, -0.25) is 14.4 Å². The van der Waals surface area contributed by atoms with Crippen molar-refractivity contribution in [3.8, 4) is 22.6 Å². The Hall–Kier alpha value is -3.61. The summed E-state index contributed by atoms with van der Waals surface area (Å²) in [6, 6.07) is 12.4. The van der Waals surface area contributed by atoms with Gasteiger partial charge in [0.05, 0.1) is 24.0 Å². The van der Waals surface area contributed by atoms with Gasteiger partial charge in [-0.05, 0) is 23.8 Å². The quantitative estimate of drug-likeness (QED) is 0.672. The Morgan fingerprint density at radius 2 is 1.93 bits per heavy atom. The average Bonchev–Trinajstić information content (AvgIpc) is 2.70. The maximum Gasteiger partial charge on any atom is 0.262 e. The molecule has 1 aliphatic rings. The normalized spacial score (nSPS) is 12.9. The second-order valence-electron chi connectivity index (χ2n) is 6.12. The standard InChI is InChI=1S/C20H16N2O5/c1-26-14-5-3-2-4-12(14)9-21-18-17(19(24)20(18)25)11-6-7-13-15(8-11)27-10-16(23)22-13/h2-8,21H,9-10H2,1H3,(H,22,23). The van der Waals surface area contributed by atoms with Gasteiger partial charge in [-0.25, -0.2) is 0 Å². The Balaban J connectivity index is 1.63. The molecule has 0 bridgehead atoms. The summed E-state index contributed by atoms with van der Waals surface area (Å²) in [6.07, 6.45) is 0. The molecule has 7 nitrogen and oxygen atoms in total. The zero-order valence-electron chi connectivity index (χ0n) is 14.5. The van der Waals surface area contributed by atoms with Crippen LogP contribution in [0.3, 0.4) is 0 Å². The zero-order chi connectivity index (χ0) is 19.0. The van der Waals surface area contributed by atoms with Crippen molar-refractivity contribution >= 4 is 17.3 Å². The second kappa shape index (κ2) is 6.60. The Morgan fingerprint density at radius 3 is 2.74 bits per heavy atom. The van der Waals surface area contributed by atoms with Crippen molar-refractivity contribution in [3.63, 3.8) is 0 Å². The zero-order valence-corrected chi connectivity index (χ0v) is 14.5. The molecule has 0 saturated carbocycles. The minimum absolute atomic E-state index is 0.0821. The van der Waals surface area contributed by atoms with E-state index in [1.165, 1.54) is 0 Å². The molecule has 4 rings (SSSR count). The summed E-state index contributed by atoms with van der Waals surface area (Å²) >= 11 is 0. The lowest BCUT2D eigenvalue weighted by atomic mass is 9.97. The Bertz CT molecular complexity index is 1110. The highest BCUT2D eigenvalue weighted by Gasteiger charge is 2.24. The Morgan fingerprint density at radius 1 is 1.11 bits per heavy atom. The summed E-state index contributed by atoms with van der Waals surface area (Å²) in [4.78, 5) is 35.6. The number of carbonyl (C=O) groups is 1. The van der Waals surface area contributed by atoms with E-state index in [0.29, 0.717) is 34.9 Å². The van der Waals surface area contributed by atoms with Crippen LogP contribution in [0.5, 0.6) is 11.5 Å². The van der Waals surface area contributed by atoms with Crippen LogP contribution in [0.4, 0.5) is 11.4 Å². The topological polar surface area (TPSA) is 93.7 Å². The number of benzene rings is 2. The van der Waals surface area contributed by atoms with Crippen LogP contribution in [-0.4, -0.2) is 19.6 Å². The predicted octanol–water partition coefficient (Wildman–Crippen LogP) is 1.90. The second-order valence-corrected chi connectivity index (χ2v) is 6.12. The molecule has 3 aromatic carbocycles. The smallest absolute Gasteiger partial charge is 0.262 e. The maximum atomic E-state index is 12.1. The van der Waals surface area contributed by atoms with Crippen LogP contribution in [0.1, 0.15) is 5.56 Å². The van der Waals surface area contributed by atoms with E-state index < -0.39 is 10.9 Å². The van der Waals surface area contributed by atoms with Gasteiger partial charge in [0, 0.05) is 12.1 Å². The molecule has 0 aromatic heterocycles. The molecule has 0 atom stereocenters. The molecule has 0 saturated heterocycles. The Labute approximate surface area is 154 Å². The number of nitrogens with one attached hydrogen (secondary N) is 2. The number of rotatable bonds is 5. The molecule has 0 unspecified atom stereocenters. The molecule has 3 aromatic rings. The lowest BCUT2D eigenvalue weighted by Crippen LogP contribution is -2.36. The summed E-state index contributed by atoms with van der Waals surface area (Å²) in [5.41, 5.74) is 1.47. The molecule has 0 aliphatic carbocycles. The molecule has 136 valence electrons. The van der Waals surface area contributed by atoms with Crippen molar-refractivity contribution in [3.05, 3.63) is 68.5 Å². The predicted molar refractivity (Wildman–Crippen MR) is 101 cm³/mol. The van der Waals surface area contributed by atoms with E-state index in [0.717, 1.165) is 5.56 Å². The van der Waals surface area contributed by atoms with E-state index in [9.17, 15) is 14.4 Å². The Kier molecular flexibility index (Phi) is 4.12. The van der Waals surface area contributed by atoms with E-state index >= 15 is 0 Å². The number of hydrogen-bond donors (Lipinski definition) is 2. The molecule has 27 heavy (non-hydrogen) atoms. The van der Waals surface area contributed by atoms with Crippen molar-refractivity contribution in [2.45, 2.75) is 6.54 Å². The molecule has 0 spiro atoms. The van der Waals surface area contributed by atoms with Gasteiger partial charge in [0.1, 0.15) is 11.5 Å². The molecule has 1 amide bonds. The van der Waals surface area contributed by atoms with E-state index in [1.807, 2.05) is 24.3 Å². The lowest BCUT2D eigenvalue weighted by molar-refractivity contribution is -0.118. The van der Waals surface area contributed by atoms with Gasteiger partial charge >= 0.3 is 0 Å². The van der Waals surface area contributed by atoms with Gasteiger partial charge in [-0.15, -0.1) is 0 Å². The summed E-state index contributed by atoms with van der Waals surface area (Å²) < 4.78 is 10.7. The number of amides is 1. The van der Waals surface area contributed by atoms with Gasteiger partial charge in [0.25, 0.3) is 5.91 Å². The fourth-order valence-electron chi connectivity index (χ4n) is 3.10. The van der Waals surface area contributed by atoms with E-state index in [4.69, 9.17) is 9.47 Å². The molecule has 7 heteroatoms. The van der Waals surface area contributed by atoms with Crippen LogP contribution in [0.2, 0.25) is 0 Å². The number of methoxy groups -OCH3 is 1.